The summed E-state index contributed by atoms with van der Waals surface area (Å²) in [7, 11) is 0. The van der Waals surface area contributed by atoms with Crippen molar-refractivity contribution in [2.45, 2.75) is 38.1 Å². The lowest BCUT2D eigenvalue weighted by Gasteiger charge is -2.33. The normalized spacial score (nSPS) is 18.2. The minimum atomic E-state index is -0.219. The Morgan fingerprint density at radius 2 is 2.18 bits per heavy atom. The molecule has 0 saturated heterocycles. The van der Waals surface area contributed by atoms with Crippen molar-refractivity contribution < 1.29 is 4.79 Å². The van der Waals surface area contributed by atoms with Gasteiger partial charge in [0, 0.05) is 11.4 Å². The van der Waals surface area contributed by atoms with Crippen LogP contribution in [0, 0.1) is 0 Å². The van der Waals surface area contributed by atoms with E-state index in [-0.39, 0.29) is 17.4 Å². The molecule has 0 radical (unpaired) electrons. The van der Waals surface area contributed by atoms with Crippen LogP contribution in [0.1, 0.15) is 37.3 Å². The van der Waals surface area contributed by atoms with Crippen LogP contribution >= 0.6 is 11.6 Å². The Labute approximate surface area is 107 Å². The highest BCUT2D eigenvalue weighted by Gasteiger charge is 2.33. The summed E-state index contributed by atoms with van der Waals surface area (Å²) in [6.45, 7) is 4.02. The van der Waals surface area contributed by atoms with Crippen LogP contribution in [0.15, 0.2) is 24.3 Å². The number of carbonyl (C=O) groups is 1. The zero-order chi connectivity index (χ0) is 12.5. The maximum atomic E-state index is 12.1. The molecule has 0 aromatic heterocycles. The average molecular weight is 252 g/mol. The molecule has 2 rings (SSSR count). The van der Waals surface area contributed by atoms with Crippen LogP contribution in [0.25, 0.3) is 0 Å². The molecule has 3 heteroatoms. The molecule has 1 atom stereocenters. The highest BCUT2D eigenvalue weighted by atomic mass is 35.5. The molecule has 1 aromatic rings. The highest BCUT2D eigenvalue weighted by molar-refractivity contribution is 6.17. The van der Waals surface area contributed by atoms with E-state index in [1.54, 1.807) is 0 Å². The molecule has 1 aliphatic rings. The summed E-state index contributed by atoms with van der Waals surface area (Å²) < 4.78 is 0. The van der Waals surface area contributed by atoms with Crippen molar-refractivity contribution in [1.29, 1.82) is 0 Å². The van der Waals surface area contributed by atoms with Gasteiger partial charge in [-0.05, 0) is 37.8 Å². The monoisotopic (exact) mass is 251 g/mol. The Morgan fingerprint density at radius 1 is 1.47 bits per heavy atom. The average Bonchev–Trinajstić information content (AvgIpc) is 2.18. The number of alkyl halides is 1. The smallest absolute Gasteiger partial charge is 0.228 e. The predicted octanol–water partition coefficient (Wildman–Crippen LogP) is 2.85. The summed E-state index contributed by atoms with van der Waals surface area (Å²) in [6.07, 6.45) is 1.65. The highest BCUT2D eigenvalue weighted by Crippen LogP contribution is 2.35. The summed E-state index contributed by atoms with van der Waals surface area (Å²) in [5, 5.41) is 3.08. The third-order valence-electron chi connectivity index (χ3n) is 3.35. The topological polar surface area (TPSA) is 29.1 Å². The first-order valence-corrected chi connectivity index (χ1v) is 6.53. The van der Waals surface area contributed by atoms with E-state index in [9.17, 15) is 4.79 Å². The molecule has 0 heterocycles. The molecule has 0 saturated carbocycles. The lowest BCUT2D eigenvalue weighted by molar-refractivity contribution is -0.124. The van der Waals surface area contributed by atoms with E-state index in [1.165, 1.54) is 11.1 Å². The van der Waals surface area contributed by atoms with Crippen LogP contribution in [0.4, 0.5) is 0 Å². The van der Waals surface area contributed by atoms with Gasteiger partial charge in [-0.3, -0.25) is 4.79 Å². The molecule has 92 valence electrons. The molecule has 17 heavy (non-hydrogen) atoms. The maximum Gasteiger partial charge on any atom is 0.228 e. The zero-order valence-corrected chi connectivity index (χ0v) is 11.1. The number of rotatable bonds is 4. The Balaban J connectivity index is 2.00. The Morgan fingerprint density at radius 3 is 2.82 bits per heavy atom. The zero-order valence-electron chi connectivity index (χ0n) is 10.3. The number of carbonyl (C=O) groups excluding carboxylic acids is 1. The Kier molecular flexibility index (Phi) is 3.43. The van der Waals surface area contributed by atoms with Crippen LogP contribution in [0.5, 0.6) is 0 Å². The summed E-state index contributed by atoms with van der Waals surface area (Å²) in [5.74, 6) is 0.716. The molecule has 1 N–H and O–H groups in total. The molecular weight excluding hydrogens is 234 g/mol. The second-order valence-electron chi connectivity index (χ2n) is 5.27. The second kappa shape index (κ2) is 4.69. The van der Waals surface area contributed by atoms with Crippen LogP contribution in [-0.4, -0.2) is 17.3 Å². The number of amides is 1. The summed E-state index contributed by atoms with van der Waals surface area (Å²) in [5.41, 5.74) is 2.25. The van der Waals surface area contributed by atoms with Crippen molar-refractivity contribution in [2.75, 3.05) is 5.88 Å². The standard InChI is InChI=1S/C14H18ClNO/c1-14(2,7-8-15)16-13(17)12-9-10-5-3-4-6-11(10)12/h3-6,12H,7-9H2,1-2H3,(H,16,17). The van der Waals surface area contributed by atoms with Crippen molar-refractivity contribution >= 4 is 17.5 Å². The van der Waals surface area contributed by atoms with Crippen LogP contribution < -0.4 is 5.32 Å². The van der Waals surface area contributed by atoms with Gasteiger partial charge in [-0.25, -0.2) is 0 Å². The molecule has 0 spiro atoms. The van der Waals surface area contributed by atoms with E-state index in [0.717, 1.165) is 12.8 Å². The van der Waals surface area contributed by atoms with Crippen molar-refractivity contribution in [3.8, 4) is 0 Å². The minimum Gasteiger partial charge on any atom is -0.351 e. The van der Waals surface area contributed by atoms with Gasteiger partial charge in [0.15, 0.2) is 0 Å². The van der Waals surface area contributed by atoms with Gasteiger partial charge in [-0.1, -0.05) is 24.3 Å². The van der Waals surface area contributed by atoms with E-state index in [2.05, 4.69) is 11.4 Å². The quantitative estimate of drug-likeness (QED) is 0.820. The van der Waals surface area contributed by atoms with Crippen molar-refractivity contribution in [1.82, 2.24) is 5.32 Å². The third-order valence-corrected chi connectivity index (χ3v) is 3.54. The molecule has 0 aliphatic heterocycles. The molecule has 1 aliphatic carbocycles. The molecular formula is C14H18ClNO. The Hall–Kier alpha value is -1.02. The molecule has 0 bridgehead atoms. The number of halogens is 1. The fourth-order valence-corrected chi connectivity index (χ4v) is 2.68. The Bertz CT molecular complexity index is 428. The van der Waals surface area contributed by atoms with Crippen molar-refractivity contribution in [2.24, 2.45) is 0 Å². The molecule has 2 nitrogen and oxygen atoms in total. The van der Waals surface area contributed by atoms with Gasteiger partial charge in [0.2, 0.25) is 5.91 Å². The van der Waals surface area contributed by atoms with Crippen LogP contribution in [0.3, 0.4) is 0 Å². The first-order chi connectivity index (χ1) is 8.03. The lowest BCUT2D eigenvalue weighted by atomic mass is 9.76. The van der Waals surface area contributed by atoms with Crippen LogP contribution in [-0.2, 0) is 11.2 Å². The first kappa shape index (κ1) is 12.4. The number of benzene rings is 1. The summed E-state index contributed by atoms with van der Waals surface area (Å²) in [6, 6.07) is 8.13. The van der Waals surface area contributed by atoms with Gasteiger partial charge in [0.1, 0.15) is 0 Å². The van der Waals surface area contributed by atoms with E-state index < -0.39 is 0 Å². The number of hydrogen-bond acceptors (Lipinski definition) is 1. The van der Waals surface area contributed by atoms with Gasteiger partial charge < -0.3 is 5.32 Å². The maximum absolute atomic E-state index is 12.1. The van der Waals surface area contributed by atoms with Gasteiger partial charge >= 0.3 is 0 Å². The van der Waals surface area contributed by atoms with Crippen molar-refractivity contribution in [3.05, 3.63) is 35.4 Å². The minimum absolute atomic E-state index is 0.0285. The lowest BCUT2D eigenvalue weighted by Crippen LogP contribution is -2.47. The summed E-state index contributed by atoms with van der Waals surface area (Å²) >= 11 is 5.73. The largest absolute Gasteiger partial charge is 0.351 e. The second-order valence-corrected chi connectivity index (χ2v) is 5.65. The first-order valence-electron chi connectivity index (χ1n) is 5.99. The molecule has 1 amide bonds. The molecule has 1 aromatic carbocycles. The van der Waals surface area contributed by atoms with Crippen LogP contribution in [0.2, 0.25) is 0 Å². The van der Waals surface area contributed by atoms with E-state index in [0.29, 0.717) is 5.88 Å². The number of nitrogens with one attached hydrogen (secondary N) is 1. The van der Waals surface area contributed by atoms with E-state index in [4.69, 9.17) is 11.6 Å². The number of fused-ring (bicyclic) bond motifs is 1. The number of hydrogen-bond donors (Lipinski definition) is 1. The van der Waals surface area contributed by atoms with Gasteiger partial charge in [-0.2, -0.15) is 0 Å². The predicted molar refractivity (Wildman–Crippen MR) is 70.4 cm³/mol. The fraction of sp³-hybridized carbons (Fsp3) is 0.500. The van der Waals surface area contributed by atoms with E-state index in [1.807, 2.05) is 32.0 Å². The van der Waals surface area contributed by atoms with Gasteiger partial charge in [0.05, 0.1) is 5.92 Å². The van der Waals surface area contributed by atoms with Gasteiger partial charge in [0.25, 0.3) is 0 Å². The van der Waals surface area contributed by atoms with E-state index >= 15 is 0 Å². The third kappa shape index (κ3) is 2.63. The van der Waals surface area contributed by atoms with Crippen molar-refractivity contribution in [3.63, 3.8) is 0 Å². The van der Waals surface area contributed by atoms with Gasteiger partial charge in [-0.15, -0.1) is 11.6 Å². The molecule has 1 unspecified atom stereocenters. The SMILES string of the molecule is CC(C)(CCCl)NC(=O)C1Cc2ccccc21. The summed E-state index contributed by atoms with van der Waals surface area (Å²) in [4.78, 5) is 12.1. The molecule has 0 fully saturated rings. The fourth-order valence-electron chi connectivity index (χ4n) is 2.21.